The maximum absolute atomic E-state index is 12.5. The molecule has 2 unspecified atom stereocenters. The number of carbonyl (C=O) groups is 2. The van der Waals surface area contributed by atoms with Gasteiger partial charge in [-0.25, -0.2) is 0 Å². The fraction of sp³-hybridized carbons (Fsp3) is 0.429. The van der Waals surface area contributed by atoms with Crippen LogP contribution in [-0.2, 0) is 22.2 Å². The van der Waals surface area contributed by atoms with Crippen molar-refractivity contribution in [1.82, 2.24) is 5.32 Å². The van der Waals surface area contributed by atoms with Gasteiger partial charge in [-0.15, -0.1) is 0 Å². The third-order valence-corrected chi connectivity index (χ3v) is 3.15. The summed E-state index contributed by atoms with van der Waals surface area (Å²) < 4.78 is 37.6. The van der Waals surface area contributed by atoms with Gasteiger partial charge in [0.25, 0.3) is 0 Å². The molecule has 0 bridgehead atoms. The average molecular weight is 303 g/mol. The van der Waals surface area contributed by atoms with Crippen molar-refractivity contribution in [2.45, 2.75) is 32.5 Å². The Labute approximate surface area is 120 Å². The Balaban J connectivity index is 2.69. The molecule has 2 N–H and O–H groups in total. The molecule has 0 aliphatic rings. The third-order valence-electron chi connectivity index (χ3n) is 3.15. The number of benzene rings is 1. The minimum Gasteiger partial charge on any atom is -0.481 e. The van der Waals surface area contributed by atoms with Gasteiger partial charge in [-0.3, -0.25) is 9.59 Å². The van der Waals surface area contributed by atoms with Crippen LogP contribution in [-0.4, -0.2) is 23.0 Å². The van der Waals surface area contributed by atoms with Crippen molar-refractivity contribution in [2.24, 2.45) is 5.92 Å². The van der Waals surface area contributed by atoms with E-state index in [9.17, 15) is 22.8 Å². The number of halogens is 3. The second kappa shape index (κ2) is 6.60. The van der Waals surface area contributed by atoms with Gasteiger partial charge in [0.2, 0.25) is 5.91 Å². The number of alkyl halides is 3. The molecule has 1 amide bonds. The van der Waals surface area contributed by atoms with E-state index < -0.39 is 35.6 Å². The van der Waals surface area contributed by atoms with Gasteiger partial charge in [0.05, 0.1) is 17.9 Å². The van der Waals surface area contributed by atoms with Crippen LogP contribution in [0.3, 0.4) is 0 Å². The van der Waals surface area contributed by atoms with Crippen LogP contribution in [0.15, 0.2) is 24.3 Å². The average Bonchev–Trinajstić information content (AvgIpc) is 2.36. The lowest BCUT2D eigenvalue weighted by Gasteiger charge is -2.18. The van der Waals surface area contributed by atoms with Crippen molar-refractivity contribution in [2.75, 3.05) is 0 Å². The van der Waals surface area contributed by atoms with Gasteiger partial charge in [0.1, 0.15) is 0 Å². The number of aliphatic carboxylic acids is 1. The highest BCUT2D eigenvalue weighted by Gasteiger charge is 2.30. The second-order valence-corrected chi connectivity index (χ2v) is 4.86. The van der Waals surface area contributed by atoms with E-state index >= 15 is 0 Å². The summed E-state index contributed by atoms with van der Waals surface area (Å²) in [6.45, 7) is 2.97. The summed E-state index contributed by atoms with van der Waals surface area (Å²) in [6, 6.07) is 3.87. The first-order valence-electron chi connectivity index (χ1n) is 6.29. The first-order valence-corrected chi connectivity index (χ1v) is 6.29. The molecular formula is C14H16F3NO3. The smallest absolute Gasteiger partial charge is 0.416 e. The van der Waals surface area contributed by atoms with E-state index in [2.05, 4.69) is 5.32 Å². The summed E-state index contributed by atoms with van der Waals surface area (Å²) in [6.07, 6.45) is -4.70. The minimum absolute atomic E-state index is 0.220. The maximum Gasteiger partial charge on any atom is 0.416 e. The maximum atomic E-state index is 12.5. The van der Waals surface area contributed by atoms with Crippen LogP contribution in [0, 0.1) is 5.92 Å². The monoisotopic (exact) mass is 303 g/mol. The highest BCUT2D eigenvalue weighted by Crippen LogP contribution is 2.29. The number of nitrogens with one attached hydrogen (secondary N) is 1. The van der Waals surface area contributed by atoms with Crippen LogP contribution in [0.1, 0.15) is 25.0 Å². The van der Waals surface area contributed by atoms with Gasteiger partial charge in [-0.1, -0.05) is 18.2 Å². The Bertz CT molecular complexity index is 528. The second-order valence-electron chi connectivity index (χ2n) is 4.86. The molecule has 116 valence electrons. The summed E-state index contributed by atoms with van der Waals surface area (Å²) >= 11 is 0. The van der Waals surface area contributed by atoms with Crippen molar-refractivity contribution in [1.29, 1.82) is 0 Å². The van der Waals surface area contributed by atoms with E-state index in [1.165, 1.54) is 26.0 Å². The number of rotatable bonds is 5. The van der Waals surface area contributed by atoms with Crippen LogP contribution >= 0.6 is 0 Å². The lowest BCUT2D eigenvalue weighted by atomic mass is 10.0. The minimum atomic E-state index is -4.46. The number of carboxylic acids is 1. The van der Waals surface area contributed by atoms with Crippen LogP contribution in [0.2, 0.25) is 0 Å². The Morgan fingerprint density at radius 3 is 2.43 bits per heavy atom. The van der Waals surface area contributed by atoms with Crippen molar-refractivity contribution >= 4 is 11.9 Å². The van der Waals surface area contributed by atoms with Crippen LogP contribution < -0.4 is 5.32 Å². The quantitative estimate of drug-likeness (QED) is 0.878. The van der Waals surface area contributed by atoms with Crippen molar-refractivity contribution in [3.05, 3.63) is 35.4 Å². The Morgan fingerprint density at radius 1 is 1.29 bits per heavy atom. The molecule has 4 nitrogen and oxygen atoms in total. The molecule has 7 heteroatoms. The molecule has 0 saturated carbocycles. The lowest BCUT2D eigenvalue weighted by molar-refractivity contribution is -0.142. The van der Waals surface area contributed by atoms with Gasteiger partial charge in [0, 0.05) is 6.04 Å². The number of carboxylic acid groups (broad SMARTS) is 1. The SMILES string of the molecule is CC(NC(=O)Cc1cccc(C(F)(F)F)c1)C(C)C(=O)O. The van der Waals surface area contributed by atoms with E-state index in [1.807, 2.05) is 0 Å². The normalized spacial score (nSPS) is 14.3. The summed E-state index contributed by atoms with van der Waals surface area (Å²) in [5.41, 5.74) is -0.600. The largest absolute Gasteiger partial charge is 0.481 e. The van der Waals surface area contributed by atoms with Crippen LogP contribution in [0.5, 0.6) is 0 Å². The van der Waals surface area contributed by atoms with Gasteiger partial charge in [-0.05, 0) is 25.5 Å². The summed E-state index contributed by atoms with van der Waals surface area (Å²) in [4.78, 5) is 22.5. The molecule has 0 aliphatic heterocycles. The molecule has 0 aromatic heterocycles. The Hall–Kier alpha value is -2.05. The van der Waals surface area contributed by atoms with Gasteiger partial charge in [-0.2, -0.15) is 13.2 Å². The van der Waals surface area contributed by atoms with Gasteiger partial charge in [0.15, 0.2) is 0 Å². The summed E-state index contributed by atoms with van der Waals surface area (Å²) in [5, 5.41) is 11.3. The first kappa shape index (κ1) is 17.0. The zero-order valence-electron chi connectivity index (χ0n) is 11.6. The third kappa shape index (κ3) is 5.09. The topological polar surface area (TPSA) is 66.4 Å². The molecule has 0 aliphatic carbocycles. The number of hydrogen-bond donors (Lipinski definition) is 2. The Morgan fingerprint density at radius 2 is 1.90 bits per heavy atom. The molecule has 0 spiro atoms. The standard InChI is InChI=1S/C14H16F3NO3/c1-8(13(20)21)9(2)18-12(19)7-10-4-3-5-11(6-10)14(15,16)17/h3-6,8-9H,7H2,1-2H3,(H,18,19)(H,20,21). The molecule has 0 heterocycles. The zero-order chi connectivity index (χ0) is 16.2. The molecule has 0 fully saturated rings. The predicted octanol–water partition coefficient (Wildman–Crippen LogP) is 2.47. The Kier molecular flexibility index (Phi) is 5.34. The molecule has 2 atom stereocenters. The number of carbonyl (C=O) groups excluding carboxylic acids is 1. The lowest BCUT2D eigenvalue weighted by Crippen LogP contribution is -2.40. The van der Waals surface area contributed by atoms with E-state index in [4.69, 9.17) is 5.11 Å². The van der Waals surface area contributed by atoms with Gasteiger partial charge >= 0.3 is 12.1 Å². The van der Waals surface area contributed by atoms with Crippen LogP contribution in [0.4, 0.5) is 13.2 Å². The molecule has 1 aromatic carbocycles. The highest BCUT2D eigenvalue weighted by molar-refractivity contribution is 5.80. The predicted molar refractivity (Wildman–Crippen MR) is 69.6 cm³/mol. The summed E-state index contributed by atoms with van der Waals surface area (Å²) in [7, 11) is 0. The molecule has 0 saturated heterocycles. The molecule has 1 aromatic rings. The molecule has 0 radical (unpaired) electrons. The van der Waals surface area contributed by atoms with Crippen molar-refractivity contribution in [3.63, 3.8) is 0 Å². The van der Waals surface area contributed by atoms with Crippen LogP contribution in [0.25, 0.3) is 0 Å². The number of amides is 1. The van der Waals surface area contributed by atoms with E-state index in [1.54, 1.807) is 0 Å². The van der Waals surface area contributed by atoms with Crippen molar-refractivity contribution in [3.8, 4) is 0 Å². The fourth-order valence-corrected chi connectivity index (χ4v) is 1.69. The van der Waals surface area contributed by atoms with Gasteiger partial charge < -0.3 is 10.4 Å². The molecule has 21 heavy (non-hydrogen) atoms. The van der Waals surface area contributed by atoms with Crippen molar-refractivity contribution < 1.29 is 27.9 Å². The fourth-order valence-electron chi connectivity index (χ4n) is 1.69. The zero-order valence-corrected chi connectivity index (χ0v) is 11.6. The van der Waals surface area contributed by atoms with E-state index in [0.29, 0.717) is 0 Å². The summed E-state index contributed by atoms with van der Waals surface area (Å²) in [5.74, 6) is -2.35. The highest BCUT2D eigenvalue weighted by atomic mass is 19.4. The first-order chi connectivity index (χ1) is 9.61. The number of hydrogen-bond acceptors (Lipinski definition) is 2. The molecule has 1 rings (SSSR count). The molecular weight excluding hydrogens is 287 g/mol. The van der Waals surface area contributed by atoms with E-state index in [0.717, 1.165) is 12.1 Å². The van der Waals surface area contributed by atoms with E-state index in [-0.39, 0.29) is 12.0 Å².